The number of likely N-dealkylation sites (N-methyl/N-ethyl adjacent to an activating group) is 1. The van der Waals surface area contributed by atoms with Gasteiger partial charge in [0.05, 0.1) is 6.54 Å². The molecule has 1 unspecified atom stereocenters. The number of carbonyl (C=O) groups is 1. The molecule has 5 nitrogen and oxygen atoms in total. The molecule has 0 saturated carbocycles. The van der Waals surface area contributed by atoms with E-state index in [1.165, 1.54) is 0 Å². The standard InChI is InChI=1S/C11H21N3O2/c1-13(2)6-7-14-9-11(16-10(14)15)4-3-5-12-8-11/h12H,3-9H2,1-2H3. The van der Waals surface area contributed by atoms with Gasteiger partial charge in [0.15, 0.2) is 0 Å². The van der Waals surface area contributed by atoms with E-state index in [0.717, 1.165) is 45.6 Å². The van der Waals surface area contributed by atoms with Crippen LogP contribution in [0, 0.1) is 0 Å². The highest BCUT2D eigenvalue weighted by atomic mass is 16.6. The minimum Gasteiger partial charge on any atom is -0.440 e. The molecule has 0 aromatic rings. The lowest BCUT2D eigenvalue weighted by atomic mass is 9.94. The van der Waals surface area contributed by atoms with Crippen molar-refractivity contribution in [2.75, 3.05) is 46.8 Å². The van der Waals surface area contributed by atoms with Crippen LogP contribution in [0.4, 0.5) is 4.79 Å². The molecule has 92 valence electrons. The molecular formula is C11H21N3O2. The van der Waals surface area contributed by atoms with E-state index < -0.39 is 0 Å². The van der Waals surface area contributed by atoms with Gasteiger partial charge in [0.25, 0.3) is 0 Å². The Bertz CT molecular complexity index is 262. The molecule has 1 N–H and O–H groups in total. The van der Waals surface area contributed by atoms with Crippen molar-refractivity contribution in [2.45, 2.75) is 18.4 Å². The fraction of sp³-hybridized carbons (Fsp3) is 0.909. The molecule has 5 heteroatoms. The molecule has 2 fully saturated rings. The van der Waals surface area contributed by atoms with Gasteiger partial charge in [0.1, 0.15) is 5.60 Å². The molecule has 2 saturated heterocycles. The number of hydrogen-bond acceptors (Lipinski definition) is 4. The Kier molecular flexibility index (Phi) is 3.35. The summed E-state index contributed by atoms with van der Waals surface area (Å²) in [4.78, 5) is 15.6. The van der Waals surface area contributed by atoms with E-state index >= 15 is 0 Å². The summed E-state index contributed by atoms with van der Waals surface area (Å²) in [5.41, 5.74) is -0.248. The molecule has 1 spiro atoms. The molecule has 2 aliphatic rings. The van der Waals surface area contributed by atoms with Gasteiger partial charge in [-0.25, -0.2) is 4.79 Å². The molecule has 0 bridgehead atoms. The van der Waals surface area contributed by atoms with E-state index in [2.05, 4.69) is 10.2 Å². The number of rotatable bonds is 3. The van der Waals surface area contributed by atoms with Crippen LogP contribution in [0.1, 0.15) is 12.8 Å². The first-order valence-corrected chi connectivity index (χ1v) is 5.95. The Hall–Kier alpha value is -0.810. The van der Waals surface area contributed by atoms with Gasteiger partial charge in [-0.1, -0.05) is 0 Å². The first kappa shape index (κ1) is 11.7. The zero-order valence-electron chi connectivity index (χ0n) is 10.2. The number of nitrogens with one attached hydrogen (secondary N) is 1. The Morgan fingerprint density at radius 1 is 1.56 bits per heavy atom. The third kappa shape index (κ3) is 2.47. The number of ether oxygens (including phenoxy) is 1. The van der Waals surface area contributed by atoms with Crippen LogP contribution in [0.5, 0.6) is 0 Å². The summed E-state index contributed by atoms with van der Waals surface area (Å²) < 4.78 is 5.54. The van der Waals surface area contributed by atoms with Crippen LogP contribution >= 0.6 is 0 Å². The van der Waals surface area contributed by atoms with Crippen molar-refractivity contribution in [3.8, 4) is 0 Å². The van der Waals surface area contributed by atoms with Crippen LogP contribution in [-0.4, -0.2) is 68.3 Å². The summed E-state index contributed by atoms with van der Waals surface area (Å²) in [5.74, 6) is 0. The second-order valence-corrected chi connectivity index (χ2v) is 5.06. The van der Waals surface area contributed by atoms with Crippen molar-refractivity contribution in [3.63, 3.8) is 0 Å². The highest BCUT2D eigenvalue weighted by molar-refractivity contribution is 5.70. The van der Waals surface area contributed by atoms with Crippen LogP contribution in [-0.2, 0) is 4.74 Å². The Labute approximate surface area is 96.7 Å². The molecule has 0 aliphatic carbocycles. The smallest absolute Gasteiger partial charge is 0.410 e. The quantitative estimate of drug-likeness (QED) is 0.744. The number of piperidine rings is 1. The minimum absolute atomic E-state index is 0.148. The molecular weight excluding hydrogens is 206 g/mol. The van der Waals surface area contributed by atoms with E-state index in [1.54, 1.807) is 0 Å². The van der Waals surface area contributed by atoms with Crippen LogP contribution in [0.2, 0.25) is 0 Å². The lowest BCUT2D eigenvalue weighted by molar-refractivity contribution is 0.0366. The third-order valence-electron chi connectivity index (χ3n) is 3.29. The van der Waals surface area contributed by atoms with Crippen LogP contribution in [0.25, 0.3) is 0 Å². The number of hydrogen-bond donors (Lipinski definition) is 1. The highest BCUT2D eigenvalue weighted by Crippen LogP contribution is 2.28. The SMILES string of the molecule is CN(C)CCN1CC2(CCCNC2)OC1=O. The second-order valence-electron chi connectivity index (χ2n) is 5.06. The largest absolute Gasteiger partial charge is 0.440 e. The van der Waals surface area contributed by atoms with Gasteiger partial charge in [0, 0.05) is 19.6 Å². The maximum absolute atomic E-state index is 11.7. The molecule has 16 heavy (non-hydrogen) atoms. The number of nitrogens with zero attached hydrogens (tertiary/aromatic N) is 2. The lowest BCUT2D eigenvalue weighted by Crippen LogP contribution is -2.48. The van der Waals surface area contributed by atoms with Crippen molar-refractivity contribution < 1.29 is 9.53 Å². The van der Waals surface area contributed by atoms with Gasteiger partial charge in [-0.3, -0.25) is 0 Å². The Balaban J connectivity index is 1.90. The Morgan fingerprint density at radius 3 is 3.00 bits per heavy atom. The molecule has 0 radical (unpaired) electrons. The normalized spacial score (nSPS) is 30.2. The van der Waals surface area contributed by atoms with Gasteiger partial charge in [-0.15, -0.1) is 0 Å². The van der Waals surface area contributed by atoms with Crippen molar-refractivity contribution in [1.82, 2.24) is 15.1 Å². The van der Waals surface area contributed by atoms with Gasteiger partial charge >= 0.3 is 6.09 Å². The van der Waals surface area contributed by atoms with Crippen molar-refractivity contribution in [2.24, 2.45) is 0 Å². The van der Waals surface area contributed by atoms with E-state index in [-0.39, 0.29) is 11.7 Å². The fourth-order valence-corrected chi connectivity index (χ4v) is 2.35. The topological polar surface area (TPSA) is 44.8 Å². The summed E-state index contributed by atoms with van der Waals surface area (Å²) in [7, 11) is 4.03. The minimum atomic E-state index is -0.248. The summed E-state index contributed by atoms with van der Waals surface area (Å²) in [6.07, 6.45) is 1.93. The highest BCUT2D eigenvalue weighted by Gasteiger charge is 2.45. The van der Waals surface area contributed by atoms with E-state index in [9.17, 15) is 4.79 Å². The van der Waals surface area contributed by atoms with Crippen LogP contribution in [0.15, 0.2) is 0 Å². The van der Waals surface area contributed by atoms with Gasteiger partial charge < -0.3 is 19.9 Å². The first-order chi connectivity index (χ1) is 7.61. The maximum atomic E-state index is 11.7. The monoisotopic (exact) mass is 227 g/mol. The molecule has 2 rings (SSSR count). The number of carbonyl (C=O) groups excluding carboxylic acids is 1. The molecule has 1 atom stereocenters. The summed E-state index contributed by atoms with van der Waals surface area (Å²) in [5, 5.41) is 3.31. The molecule has 2 heterocycles. The zero-order chi connectivity index (χ0) is 11.6. The van der Waals surface area contributed by atoms with Gasteiger partial charge in [0.2, 0.25) is 0 Å². The van der Waals surface area contributed by atoms with Crippen LogP contribution < -0.4 is 5.32 Å². The van der Waals surface area contributed by atoms with Gasteiger partial charge in [-0.05, 0) is 33.5 Å². The van der Waals surface area contributed by atoms with E-state index in [1.807, 2.05) is 19.0 Å². The van der Waals surface area contributed by atoms with Crippen LogP contribution in [0.3, 0.4) is 0 Å². The average molecular weight is 227 g/mol. The average Bonchev–Trinajstić information content (AvgIpc) is 2.53. The lowest BCUT2D eigenvalue weighted by Gasteiger charge is -2.31. The molecule has 2 aliphatic heterocycles. The Morgan fingerprint density at radius 2 is 2.38 bits per heavy atom. The van der Waals surface area contributed by atoms with Crippen molar-refractivity contribution >= 4 is 6.09 Å². The van der Waals surface area contributed by atoms with Crippen molar-refractivity contribution in [1.29, 1.82) is 0 Å². The number of amides is 1. The fourth-order valence-electron chi connectivity index (χ4n) is 2.35. The first-order valence-electron chi connectivity index (χ1n) is 5.95. The predicted molar refractivity (Wildman–Crippen MR) is 61.4 cm³/mol. The van der Waals surface area contributed by atoms with Gasteiger partial charge in [-0.2, -0.15) is 0 Å². The molecule has 1 amide bonds. The predicted octanol–water partition coefficient (Wildman–Crippen LogP) is 0.122. The van der Waals surface area contributed by atoms with E-state index in [0.29, 0.717) is 0 Å². The summed E-state index contributed by atoms with van der Waals surface area (Å²) in [6.45, 7) is 4.23. The molecule has 0 aromatic heterocycles. The zero-order valence-corrected chi connectivity index (χ0v) is 10.2. The summed E-state index contributed by atoms with van der Waals surface area (Å²) in [6, 6.07) is 0. The van der Waals surface area contributed by atoms with E-state index in [4.69, 9.17) is 4.74 Å². The molecule has 0 aromatic carbocycles. The third-order valence-corrected chi connectivity index (χ3v) is 3.29. The second kappa shape index (κ2) is 4.59. The maximum Gasteiger partial charge on any atom is 0.410 e. The summed E-state index contributed by atoms with van der Waals surface area (Å²) >= 11 is 0. The van der Waals surface area contributed by atoms with Crippen molar-refractivity contribution in [3.05, 3.63) is 0 Å².